The molecule has 2 saturated heterocycles. The fraction of sp³-hybridized carbons (Fsp3) is 0.875. The highest BCUT2D eigenvalue weighted by Crippen LogP contribution is 2.24. The highest BCUT2D eigenvalue weighted by molar-refractivity contribution is 5.92. The van der Waals surface area contributed by atoms with Crippen molar-refractivity contribution in [3.8, 4) is 0 Å². The average Bonchev–Trinajstić information content (AvgIpc) is 2.29. The summed E-state index contributed by atoms with van der Waals surface area (Å²) in [4.78, 5) is 11.4. The number of rotatable bonds is 0. The molecular formula is C8H14ClNO3. The number of halogens is 1. The van der Waals surface area contributed by atoms with Crippen LogP contribution >= 0.6 is 0 Å². The highest BCUT2D eigenvalue weighted by atomic mass is 35.5. The van der Waals surface area contributed by atoms with Crippen LogP contribution in [0.1, 0.15) is 12.8 Å². The summed E-state index contributed by atoms with van der Waals surface area (Å²) in [5.74, 6) is 0.0437. The third-order valence-corrected chi connectivity index (χ3v) is 2.75. The minimum Gasteiger partial charge on any atom is -1.00 e. The molecular weight excluding hydrogens is 194 g/mol. The van der Waals surface area contributed by atoms with Crippen molar-refractivity contribution in [2.45, 2.75) is 31.1 Å². The summed E-state index contributed by atoms with van der Waals surface area (Å²) in [5, 5.41) is 18.8. The first-order valence-electron chi connectivity index (χ1n) is 4.36. The molecule has 3 N–H and O–H groups in total. The summed E-state index contributed by atoms with van der Waals surface area (Å²) in [6.07, 6.45) is 0.397. The molecule has 0 saturated carbocycles. The van der Waals surface area contributed by atoms with Gasteiger partial charge in [0.05, 0.1) is 6.10 Å². The van der Waals surface area contributed by atoms with E-state index >= 15 is 0 Å². The van der Waals surface area contributed by atoms with Crippen LogP contribution < -0.4 is 12.4 Å². The van der Waals surface area contributed by atoms with E-state index in [9.17, 15) is 15.0 Å². The number of aliphatic hydroxyl groups is 2. The Kier molecular flexibility index (Phi) is 3.29. The number of fused-ring (bicyclic) bond motifs is 1. The molecule has 0 aliphatic carbocycles. The van der Waals surface area contributed by atoms with Crippen molar-refractivity contribution in [2.75, 3.05) is 13.1 Å². The molecule has 0 amide bonds. The monoisotopic (exact) mass is 207 g/mol. The van der Waals surface area contributed by atoms with Crippen molar-refractivity contribution in [2.24, 2.45) is 0 Å². The molecule has 4 nitrogen and oxygen atoms in total. The van der Waals surface area contributed by atoms with E-state index in [1.54, 1.807) is 0 Å². The first-order chi connectivity index (χ1) is 5.70. The second-order valence-corrected chi connectivity index (χ2v) is 3.59. The molecule has 0 aromatic carbocycles. The van der Waals surface area contributed by atoms with E-state index in [-0.39, 0.29) is 24.2 Å². The number of nitrogens with zero attached hydrogens (tertiary/aromatic N) is 1. The summed E-state index contributed by atoms with van der Waals surface area (Å²) < 4.78 is 0. The molecule has 2 heterocycles. The lowest BCUT2D eigenvalue weighted by molar-refractivity contribution is -0.0000101. The van der Waals surface area contributed by atoms with Crippen LogP contribution in [0.15, 0.2) is 0 Å². The molecule has 2 aliphatic rings. The van der Waals surface area contributed by atoms with Crippen molar-refractivity contribution in [1.82, 2.24) is 4.90 Å². The van der Waals surface area contributed by atoms with E-state index in [0.717, 1.165) is 19.4 Å². The number of piperidine rings is 1. The lowest BCUT2D eigenvalue weighted by Gasteiger charge is -2.29. The molecule has 0 bridgehead atoms. The number of aliphatic hydroxyl groups excluding tert-OH is 2. The summed E-state index contributed by atoms with van der Waals surface area (Å²) >= 11 is 0. The molecule has 0 unspecified atom stereocenters. The normalized spacial score (nSPS) is 39.8. The molecule has 5 heteroatoms. The number of carbonyl (C=O) groups excluding carboxylic acids is 1. The number of hydrogen-bond donors (Lipinski definition) is 2. The largest absolute Gasteiger partial charge is 1.00 e. The average molecular weight is 208 g/mol. The topological polar surface area (TPSA) is 65.1 Å². The Bertz CT molecular complexity index is 212. The van der Waals surface area contributed by atoms with Crippen LogP contribution in [0, 0.1) is 0 Å². The summed E-state index contributed by atoms with van der Waals surface area (Å²) in [7, 11) is 0. The predicted molar refractivity (Wildman–Crippen MR) is 43.6 cm³/mol. The van der Waals surface area contributed by atoms with Crippen LogP contribution in [-0.4, -0.2) is 57.0 Å². The van der Waals surface area contributed by atoms with Crippen molar-refractivity contribution < 1.29 is 27.4 Å². The van der Waals surface area contributed by atoms with Crippen LogP contribution in [0.5, 0.6) is 0 Å². The second-order valence-electron chi connectivity index (χ2n) is 3.59. The fourth-order valence-electron chi connectivity index (χ4n) is 2.15. The maximum absolute atomic E-state index is 9.53. The highest BCUT2D eigenvalue weighted by Gasteiger charge is 2.49. The second kappa shape index (κ2) is 3.92. The zero-order valence-electron chi connectivity index (χ0n) is 7.23. The molecule has 3 atom stereocenters. The lowest BCUT2D eigenvalue weighted by Crippen LogP contribution is -3.00. The minimum atomic E-state index is -0.761. The van der Waals surface area contributed by atoms with Gasteiger partial charge in [0, 0.05) is 6.54 Å². The molecule has 76 valence electrons. The molecule has 0 aromatic heterocycles. The standard InChI is InChI=1S/C8H13NO3.ClH/c10-5-2-1-3-9-4-6(11)8(12)7(5)9;/h5-7,10-11H,1-4H2;1H/t5-,6-,7+;/m1./s1. The van der Waals surface area contributed by atoms with Crippen LogP contribution in [0.25, 0.3) is 0 Å². The van der Waals surface area contributed by atoms with Gasteiger partial charge in [0.1, 0.15) is 0 Å². The Labute approximate surface area is 82.9 Å². The van der Waals surface area contributed by atoms with Crippen molar-refractivity contribution >= 4 is 5.78 Å². The molecule has 13 heavy (non-hydrogen) atoms. The van der Waals surface area contributed by atoms with Gasteiger partial charge >= 0.3 is 5.78 Å². The van der Waals surface area contributed by atoms with Crippen molar-refractivity contribution in [3.63, 3.8) is 0 Å². The Balaban J connectivity index is 0.000000845. The van der Waals surface area contributed by atoms with Gasteiger partial charge in [-0.15, -0.1) is 0 Å². The van der Waals surface area contributed by atoms with Crippen LogP contribution in [0.4, 0.5) is 0 Å². The molecule has 0 spiro atoms. The quantitative estimate of drug-likeness (QED) is 0.396. The van der Waals surface area contributed by atoms with E-state index in [0.29, 0.717) is 6.54 Å². The maximum atomic E-state index is 9.53. The Morgan fingerprint density at radius 3 is 2.69 bits per heavy atom. The van der Waals surface area contributed by atoms with Crippen molar-refractivity contribution in [3.05, 3.63) is 0 Å². The lowest BCUT2D eigenvalue weighted by atomic mass is 9.98. The molecule has 2 rings (SSSR count). The van der Waals surface area contributed by atoms with Crippen LogP contribution in [0.2, 0.25) is 0 Å². The van der Waals surface area contributed by atoms with Gasteiger partial charge in [-0.1, -0.05) is 0 Å². The van der Waals surface area contributed by atoms with Gasteiger partial charge in [0.15, 0.2) is 12.1 Å². The third kappa shape index (κ3) is 1.72. The first kappa shape index (κ1) is 10.9. The van der Waals surface area contributed by atoms with Crippen LogP contribution in [0.3, 0.4) is 0 Å². The van der Waals surface area contributed by atoms with E-state index in [1.165, 1.54) is 0 Å². The fourth-order valence-corrected chi connectivity index (χ4v) is 2.15. The summed E-state index contributed by atoms with van der Waals surface area (Å²) in [6, 6.07) is -0.311. The SMILES string of the molecule is O[C@@H]1CN2CCC[C@@H](O)[C@H]2C1=[OH+].[Cl-]. The zero-order chi connectivity index (χ0) is 8.72. The van der Waals surface area contributed by atoms with E-state index < -0.39 is 12.2 Å². The van der Waals surface area contributed by atoms with E-state index in [1.807, 2.05) is 4.90 Å². The van der Waals surface area contributed by atoms with Gasteiger partial charge in [0.25, 0.3) is 0 Å². The minimum absolute atomic E-state index is 0. The van der Waals surface area contributed by atoms with Gasteiger partial charge in [0.2, 0.25) is 0 Å². The number of ketones is 1. The smallest absolute Gasteiger partial charge is 0.342 e. The van der Waals surface area contributed by atoms with Crippen LogP contribution in [-0.2, 0) is 0 Å². The Morgan fingerprint density at radius 1 is 1.38 bits per heavy atom. The van der Waals surface area contributed by atoms with Gasteiger partial charge in [-0.2, -0.15) is 0 Å². The molecule has 2 fully saturated rings. The maximum Gasteiger partial charge on any atom is 0.342 e. The Hall–Kier alpha value is -0.160. The number of hydrogen-bond acceptors (Lipinski definition) is 3. The summed E-state index contributed by atoms with van der Waals surface area (Å²) in [5.41, 5.74) is 0. The zero-order valence-corrected chi connectivity index (χ0v) is 7.98. The van der Waals surface area contributed by atoms with Gasteiger partial charge < -0.3 is 22.6 Å². The van der Waals surface area contributed by atoms with E-state index in [4.69, 9.17) is 0 Å². The van der Waals surface area contributed by atoms with Gasteiger partial charge in [-0.3, -0.25) is 9.69 Å². The molecule has 0 radical (unpaired) electrons. The van der Waals surface area contributed by atoms with Crippen molar-refractivity contribution in [1.29, 1.82) is 0 Å². The molecule has 2 aliphatic heterocycles. The van der Waals surface area contributed by atoms with Gasteiger partial charge in [-0.25, -0.2) is 0 Å². The van der Waals surface area contributed by atoms with Gasteiger partial charge in [-0.05, 0) is 19.4 Å². The molecule has 0 aromatic rings. The summed E-state index contributed by atoms with van der Waals surface area (Å²) in [6.45, 7) is 1.33. The van der Waals surface area contributed by atoms with E-state index in [2.05, 4.69) is 0 Å². The Morgan fingerprint density at radius 2 is 2.08 bits per heavy atom. The first-order valence-corrected chi connectivity index (χ1v) is 4.36. The predicted octanol–water partition coefficient (Wildman–Crippen LogP) is -4.26. The third-order valence-electron chi connectivity index (χ3n) is 2.75.